The van der Waals surface area contributed by atoms with Crippen LogP contribution in [0.3, 0.4) is 0 Å². The second-order valence-electron chi connectivity index (χ2n) is 4.86. The monoisotopic (exact) mass is 252 g/mol. The highest BCUT2D eigenvalue weighted by atomic mass is 16.5. The molecule has 0 saturated heterocycles. The van der Waals surface area contributed by atoms with Crippen molar-refractivity contribution in [1.82, 2.24) is 0 Å². The largest absolute Gasteiger partial charge is 0.468 e. The van der Waals surface area contributed by atoms with E-state index in [1.54, 1.807) is 12.2 Å². The molecule has 0 amide bonds. The molecule has 0 radical (unpaired) electrons. The van der Waals surface area contributed by atoms with Crippen LogP contribution in [0.2, 0.25) is 0 Å². The highest BCUT2D eigenvalue weighted by Gasteiger charge is 2.64. The minimum absolute atomic E-state index is 0.303. The molecule has 18 heavy (non-hydrogen) atoms. The Labute approximate surface area is 105 Å². The van der Waals surface area contributed by atoms with E-state index in [2.05, 4.69) is 0 Å². The van der Waals surface area contributed by atoms with Crippen molar-refractivity contribution in [3.05, 3.63) is 12.2 Å². The fourth-order valence-electron chi connectivity index (χ4n) is 3.02. The van der Waals surface area contributed by atoms with Gasteiger partial charge in [0, 0.05) is 0 Å². The Hall–Kier alpha value is -1.65. The topological polar surface area (TPSA) is 69.7 Å². The van der Waals surface area contributed by atoms with Crippen LogP contribution in [0, 0.1) is 10.8 Å². The predicted octanol–water partition coefficient (Wildman–Crippen LogP) is 1.02. The van der Waals surface area contributed by atoms with Crippen LogP contribution < -0.4 is 0 Å². The molecule has 0 aromatic heterocycles. The molecule has 2 rings (SSSR count). The van der Waals surface area contributed by atoms with Gasteiger partial charge < -0.3 is 9.47 Å². The zero-order chi connectivity index (χ0) is 13.4. The maximum Gasteiger partial charge on any atom is 0.319 e. The van der Waals surface area contributed by atoms with E-state index in [1.807, 2.05) is 0 Å². The number of hydrogen-bond acceptors (Lipinski definition) is 5. The molecular formula is C13H16O5. The Kier molecular flexibility index (Phi) is 3.00. The lowest BCUT2D eigenvalue weighted by Crippen LogP contribution is -2.44. The maximum atomic E-state index is 12.6. The molecule has 98 valence electrons. The van der Waals surface area contributed by atoms with Crippen molar-refractivity contribution in [2.45, 2.75) is 25.7 Å². The van der Waals surface area contributed by atoms with Crippen molar-refractivity contribution < 1.29 is 23.9 Å². The lowest BCUT2D eigenvalue weighted by molar-refractivity contribution is -0.162. The Morgan fingerprint density at radius 3 is 1.72 bits per heavy atom. The average molecular weight is 252 g/mol. The number of ketones is 1. The summed E-state index contributed by atoms with van der Waals surface area (Å²) >= 11 is 0. The van der Waals surface area contributed by atoms with Gasteiger partial charge in [0.15, 0.2) is 5.78 Å². The van der Waals surface area contributed by atoms with Crippen molar-refractivity contribution in [3.8, 4) is 0 Å². The van der Waals surface area contributed by atoms with E-state index >= 15 is 0 Å². The Morgan fingerprint density at radius 2 is 1.39 bits per heavy atom. The van der Waals surface area contributed by atoms with Gasteiger partial charge in [-0.3, -0.25) is 14.4 Å². The summed E-state index contributed by atoms with van der Waals surface area (Å²) in [7, 11) is 2.52. The molecule has 5 nitrogen and oxygen atoms in total. The molecule has 0 aromatic rings. The number of methoxy groups -OCH3 is 2. The molecule has 2 aliphatic carbocycles. The average Bonchev–Trinajstić information content (AvgIpc) is 2.57. The Bertz CT molecular complexity index is 401. The van der Waals surface area contributed by atoms with Gasteiger partial charge in [0.2, 0.25) is 0 Å². The molecule has 0 heterocycles. The number of carbonyl (C=O) groups excluding carboxylic acids is 3. The molecule has 5 heteroatoms. The summed E-state index contributed by atoms with van der Waals surface area (Å²) < 4.78 is 9.50. The Morgan fingerprint density at radius 1 is 1.00 bits per heavy atom. The van der Waals surface area contributed by atoms with Crippen molar-refractivity contribution in [1.29, 1.82) is 0 Å². The van der Waals surface area contributed by atoms with Gasteiger partial charge >= 0.3 is 11.9 Å². The van der Waals surface area contributed by atoms with E-state index in [0.29, 0.717) is 25.7 Å². The maximum absolute atomic E-state index is 12.6. The minimum atomic E-state index is -1.20. The van der Waals surface area contributed by atoms with Gasteiger partial charge in [-0.2, -0.15) is 0 Å². The number of allylic oxidation sites excluding steroid dienone is 2. The molecule has 0 aliphatic heterocycles. The lowest BCUT2D eigenvalue weighted by atomic mass is 9.76. The summed E-state index contributed by atoms with van der Waals surface area (Å²) in [5.41, 5.74) is -2.40. The third kappa shape index (κ3) is 1.43. The molecule has 2 bridgehead atoms. The minimum Gasteiger partial charge on any atom is -0.468 e. The third-order valence-electron chi connectivity index (χ3n) is 4.10. The smallest absolute Gasteiger partial charge is 0.319 e. The molecule has 0 N–H and O–H groups in total. The van der Waals surface area contributed by atoms with Gasteiger partial charge in [0.05, 0.1) is 14.2 Å². The molecule has 1 fully saturated rings. The zero-order valence-electron chi connectivity index (χ0n) is 10.5. The second-order valence-corrected chi connectivity index (χ2v) is 4.86. The molecule has 2 unspecified atom stereocenters. The quantitative estimate of drug-likeness (QED) is 0.417. The molecular weight excluding hydrogens is 236 g/mol. The Balaban J connectivity index is 2.49. The molecule has 2 atom stereocenters. The summed E-state index contributed by atoms with van der Waals surface area (Å²) in [5, 5.41) is 0. The van der Waals surface area contributed by atoms with E-state index in [9.17, 15) is 14.4 Å². The number of Topliss-reactive ketones (excluding diaryl/α,β-unsaturated/α-hetero) is 1. The first-order valence-electron chi connectivity index (χ1n) is 5.90. The molecule has 2 aliphatic rings. The summed E-state index contributed by atoms with van der Waals surface area (Å²) in [5.74, 6) is -1.45. The molecule has 1 saturated carbocycles. The van der Waals surface area contributed by atoms with Crippen LogP contribution in [0.5, 0.6) is 0 Å². The first-order chi connectivity index (χ1) is 8.53. The number of rotatable bonds is 2. The van der Waals surface area contributed by atoms with Crippen LogP contribution in [0.25, 0.3) is 0 Å². The van der Waals surface area contributed by atoms with Gasteiger partial charge in [-0.25, -0.2) is 0 Å². The summed E-state index contributed by atoms with van der Waals surface area (Å²) in [6.07, 6.45) is 4.85. The first kappa shape index (κ1) is 12.8. The van der Waals surface area contributed by atoms with Gasteiger partial charge in [0.1, 0.15) is 10.8 Å². The van der Waals surface area contributed by atoms with Gasteiger partial charge in [0.25, 0.3) is 0 Å². The molecule has 0 aromatic carbocycles. The molecule has 0 spiro atoms. The van der Waals surface area contributed by atoms with Gasteiger partial charge in [-0.1, -0.05) is 12.2 Å². The number of esters is 2. The van der Waals surface area contributed by atoms with E-state index in [4.69, 9.17) is 9.47 Å². The number of ether oxygens (including phenoxy) is 2. The third-order valence-corrected chi connectivity index (χ3v) is 4.10. The normalized spacial score (nSPS) is 34.0. The van der Waals surface area contributed by atoms with Gasteiger partial charge in [-0.15, -0.1) is 0 Å². The zero-order valence-corrected chi connectivity index (χ0v) is 10.5. The van der Waals surface area contributed by atoms with Crippen molar-refractivity contribution in [3.63, 3.8) is 0 Å². The highest BCUT2D eigenvalue weighted by Crippen LogP contribution is 2.53. The van der Waals surface area contributed by atoms with E-state index < -0.39 is 22.8 Å². The fourth-order valence-corrected chi connectivity index (χ4v) is 3.02. The summed E-state index contributed by atoms with van der Waals surface area (Å²) in [4.78, 5) is 36.5. The number of fused-ring (bicyclic) bond motifs is 2. The van der Waals surface area contributed by atoms with Crippen molar-refractivity contribution in [2.75, 3.05) is 14.2 Å². The second kappa shape index (κ2) is 4.23. The standard InChI is InChI=1S/C13H16O5/c1-17-10(15)12-5-3-4-6-13(8-7-12,9(12)14)11(16)18-2/h3-4H,5-8H2,1-2H3. The van der Waals surface area contributed by atoms with Crippen molar-refractivity contribution in [2.24, 2.45) is 10.8 Å². The summed E-state index contributed by atoms with van der Waals surface area (Å²) in [6.45, 7) is 0. The van der Waals surface area contributed by atoms with E-state index in [-0.39, 0.29) is 5.78 Å². The predicted molar refractivity (Wildman–Crippen MR) is 61.5 cm³/mol. The first-order valence-corrected chi connectivity index (χ1v) is 5.90. The SMILES string of the molecule is COC(=O)C12CC=CCC(C(=O)OC)(CC1)C2=O. The van der Waals surface area contributed by atoms with Crippen LogP contribution in [0.1, 0.15) is 25.7 Å². The fraction of sp³-hybridized carbons (Fsp3) is 0.615. The summed E-state index contributed by atoms with van der Waals surface area (Å²) in [6, 6.07) is 0. The van der Waals surface area contributed by atoms with Crippen LogP contribution in [0.4, 0.5) is 0 Å². The highest BCUT2D eigenvalue weighted by molar-refractivity contribution is 6.16. The van der Waals surface area contributed by atoms with Crippen molar-refractivity contribution >= 4 is 17.7 Å². The lowest BCUT2D eigenvalue weighted by Gasteiger charge is -2.26. The number of carbonyl (C=O) groups is 3. The van der Waals surface area contributed by atoms with E-state index in [1.165, 1.54) is 14.2 Å². The number of hydrogen-bond donors (Lipinski definition) is 0. The van der Waals surface area contributed by atoms with E-state index in [0.717, 1.165) is 0 Å². The van der Waals surface area contributed by atoms with Crippen LogP contribution in [0.15, 0.2) is 12.2 Å². The van der Waals surface area contributed by atoms with Gasteiger partial charge in [-0.05, 0) is 25.7 Å². The van der Waals surface area contributed by atoms with Crippen LogP contribution >= 0.6 is 0 Å². The van der Waals surface area contributed by atoms with Crippen LogP contribution in [-0.4, -0.2) is 31.9 Å². The van der Waals surface area contributed by atoms with Crippen LogP contribution in [-0.2, 0) is 23.9 Å².